The van der Waals surface area contributed by atoms with Crippen LogP contribution >= 0.6 is 11.3 Å². The molecule has 2 unspecified atom stereocenters. The summed E-state index contributed by atoms with van der Waals surface area (Å²) in [4.78, 5) is 2.77. The maximum atomic E-state index is 9.00. The molecule has 0 saturated heterocycles. The number of hydrogen-bond acceptors (Lipinski definition) is 3. The van der Waals surface area contributed by atoms with Gasteiger partial charge in [0.1, 0.15) is 0 Å². The number of rotatable bonds is 3. The van der Waals surface area contributed by atoms with Gasteiger partial charge in [0.2, 0.25) is 0 Å². The predicted octanol–water partition coefficient (Wildman–Crippen LogP) is 3.15. The average Bonchev–Trinajstić information content (AvgIpc) is 2.81. The largest absolute Gasteiger partial charge is 0.309 e. The molecule has 2 nitrogen and oxygen atoms in total. The second kappa shape index (κ2) is 4.99. The molecule has 1 N–H and O–H groups in total. The minimum Gasteiger partial charge on any atom is -0.309 e. The Morgan fingerprint density at radius 1 is 1.50 bits per heavy atom. The van der Waals surface area contributed by atoms with E-state index in [1.165, 1.54) is 21.7 Å². The summed E-state index contributed by atoms with van der Waals surface area (Å²) in [7, 11) is 0. The fourth-order valence-corrected chi connectivity index (χ4v) is 3.41. The van der Waals surface area contributed by atoms with Crippen LogP contribution in [0.4, 0.5) is 0 Å². The third-order valence-corrected chi connectivity index (χ3v) is 4.39. The van der Waals surface area contributed by atoms with Crippen LogP contribution in [-0.2, 0) is 6.54 Å². The summed E-state index contributed by atoms with van der Waals surface area (Å²) < 4.78 is 0. The molecule has 0 spiro atoms. The summed E-state index contributed by atoms with van der Waals surface area (Å²) in [6.07, 6.45) is 3.41. The first-order valence-electron chi connectivity index (χ1n) is 5.89. The van der Waals surface area contributed by atoms with Gasteiger partial charge in [-0.15, -0.1) is 11.3 Å². The summed E-state index contributed by atoms with van der Waals surface area (Å²) in [5.41, 5.74) is 1.39. The summed E-state index contributed by atoms with van der Waals surface area (Å²) in [5.74, 6) is 0.222. The summed E-state index contributed by atoms with van der Waals surface area (Å²) in [5, 5.41) is 12.5. The number of nitrogens with one attached hydrogen (secondary N) is 1. The highest BCUT2D eigenvalue weighted by molar-refractivity contribution is 7.12. The van der Waals surface area contributed by atoms with Crippen molar-refractivity contribution in [2.24, 2.45) is 5.92 Å². The highest BCUT2D eigenvalue weighted by atomic mass is 32.1. The molecule has 0 bridgehead atoms. The van der Waals surface area contributed by atoms with Gasteiger partial charge in [0, 0.05) is 22.3 Å². The molecule has 2 rings (SSSR count). The van der Waals surface area contributed by atoms with Crippen LogP contribution in [-0.4, -0.2) is 6.04 Å². The molecule has 1 aliphatic carbocycles. The van der Waals surface area contributed by atoms with E-state index >= 15 is 0 Å². The molecule has 1 aromatic heterocycles. The van der Waals surface area contributed by atoms with Crippen molar-refractivity contribution < 1.29 is 0 Å². The first kappa shape index (κ1) is 11.6. The van der Waals surface area contributed by atoms with Gasteiger partial charge in [0.15, 0.2) is 0 Å². The first-order valence-corrected chi connectivity index (χ1v) is 6.71. The van der Waals surface area contributed by atoms with Gasteiger partial charge in [-0.25, -0.2) is 0 Å². The van der Waals surface area contributed by atoms with Crippen molar-refractivity contribution in [2.45, 2.75) is 45.7 Å². The van der Waals surface area contributed by atoms with Gasteiger partial charge >= 0.3 is 0 Å². The van der Waals surface area contributed by atoms with Crippen molar-refractivity contribution in [3.8, 4) is 6.07 Å². The van der Waals surface area contributed by atoms with Crippen LogP contribution in [0.1, 0.15) is 34.6 Å². The third-order valence-electron chi connectivity index (χ3n) is 3.38. The lowest BCUT2D eigenvalue weighted by Crippen LogP contribution is -2.31. The average molecular weight is 234 g/mol. The molecular weight excluding hydrogens is 216 g/mol. The zero-order valence-corrected chi connectivity index (χ0v) is 10.7. The van der Waals surface area contributed by atoms with Gasteiger partial charge in [0.25, 0.3) is 0 Å². The molecule has 1 aromatic rings. The molecule has 0 amide bonds. The smallest absolute Gasteiger partial charge is 0.0672 e. The first-order chi connectivity index (χ1) is 7.70. The molecule has 3 heteroatoms. The highest BCUT2D eigenvalue weighted by Crippen LogP contribution is 2.26. The van der Waals surface area contributed by atoms with E-state index in [1.807, 2.05) is 11.3 Å². The monoisotopic (exact) mass is 234 g/mol. The van der Waals surface area contributed by atoms with Gasteiger partial charge < -0.3 is 5.32 Å². The lowest BCUT2D eigenvalue weighted by molar-refractivity contribution is 0.464. The van der Waals surface area contributed by atoms with Gasteiger partial charge in [-0.2, -0.15) is 5.26 Å². The van der Waals surface area contributed by atoms with Crippen molar-refractivity contribution in [3.05, 3.63) is 21.4 Å². The Bertz CT molecular complexity index is 403. The topological polar surface area (TPSA) is 35.8 Å². The maximum Gasteiger partial charge on any atom is 0.0672 e. The van der Waals surface area contributed by atoms with Crippen LogP contribution in [0.25, 0.3) is 0 Å². The standard InChI is InChI=1S/C13H18N2S/c1-9-6-12(10(2)16-9)8-15-13-5-3-4-11(13)7-14/h6,11,13,15H,3-5,8H2,1-2H3. The van der Waals surface area contributed by atoms with Gasteiger partial charge in [-0.1, -0.05) is 6.42 Å². The van der Waals surface area contributed by atoms with Crippen LogP contribution in [0.3, 0.4) is 0 Å². The molecule has 1 aliphatic rings. The van der Waals surface area contributed by atoms with Gasteiger partial charge in [0.05, 0.1) is 12.0 Å². The van der Waals surface area contributed by atoms with E-state index in [-0.39, 0.29) is 5.92 Å². The fraction of sp³-hybridized carbons (Fsp3) is 0.615. The molecule has 1 saturated carbocycles. The van der Waals surface area contributed by atoms with Crippen LogP contribution in [0.15, 0.2) is 6.07 Å². The minimum atomic E-state index is 0.222. The molecule has 1 fully saturated rings. The minimum absolute atomic E-state index is 0.222. The fourth-order valence-electron chi connectivity index (χ4n) is 2.46. The number of hydrogen-bond donors (Lipinski definition) is 1. The summed E-state index contributed by atoms with van der Waals surface area (Å²) in [6, 6.07) is 5.07. The van der Waals surface area contributed by atoms with E-state index in [4.69, 9.17) is 5.26 Å². The normalized spacial score (nSPS) is 24.6. The molecule has 16 heavy (non-hydrogen) atoms. The SMILES string of the molecule is Cc1cc(CNC2CCCC2C#N)c(C)s1. The quantitative estimate of drug-likeness (QED) is 0.872. The maximum absolute atomic E-state index is 9.00. The molecule has 0 aromatic carbocycles. The third kappa shape index (κ3) is 2.45. The number of aryl methyl sites for hydroxylation is 2. The number of thiophene rings is 1. The lowest BCUT2D eigenvalue weighted by Gasteiger charge is -2.15. The van der Waals surface area contributed by atoms with Crippen molar-refractivity contribution in [2.75, 3.05) is 0 Å². The van der Waals surface area contributed by atoms with Gasteiger partial charge in [-0.3, -0.25) is 0 Å². The Kier molecular flexibility index (Phi) is 3.63. The van der Waals surface area contributed by atoms with Crippen LogP contribution in [0.2, 0.25) is 0 Å². The number of nitrogens with zero attached hydrogens (tertiary/aromatic N) is 1. The second-order valence-corrected chi connectivity index (χ2v) is 6.05. The molecular formula is C13H18N2S. The van der Waals surface area contributed by atoms with Gasteiger partial charge in [-0.05, 0) is 38.3 Å². The Hall–Kier alpha value is -0.850. The zero-order chi connectivity index (χ0) is 11.5. The van der Waals surface area contributed by atoms with E-state index in [0.717, 1.165) is 19.4 Å². The van der Waals surface area contributed by atoms with Crippen molar-refractivity contribution in [3.63, 3.8) is 0 Å². The lowest BCUT2D eigenvalue weighted by atomic mass is 10.1. The van der Waals surface area contributed by atoms with Crippen LogP contribution < -0.4 is 5.32 Å². The van der Waals surface area contributed by atoms with E-state index in [1.54, 1.807) is 0 Å². The Morgan fingerprint density at radius 2 is 2.31 bits per heavy atom. The molecule has 0 aliphatic heterocycles. The van der Waals surface area contributed by atoms with E-state index < -0.39 is 0 Å². The predicted molar refractivity (Wildman–Crippen MR) is 67.4 cm³/mol. The van der Waals surface area contributed by atoms with Crippen molar-refractivity contribution in [1.82, 2.24) is 5.32 Å². The summed E-state index contributed by atoms with van der Waals surface area (Å²) in [6.45, 7) is 5.24. The van der Waals surface area contributed by atoms with E-state index in [9.17, 15) is 0 Å². The summed E-state index contributed by atoms with van der Waals surface area (Å²) >= 11 is 1.85. The molecule has 2 atom stereocenters. The van der Waals surface area contributed by atoms with Crippen molar-refractivity contribution in [1.29, 1.82) is 5.26 Å². The Morgan fingerprint density at radius 3 is 2.94 bits per heavy atom. The van der Waals surface area contributed by atoms with E-state index in [0.29, 0.717) is 6.04 Å². The molecule has 0 radical (unpaired) electrons. The Labute approximate surface area is 101 Å². The molecule has 86 valence electrons. The zero-order valence-electron chi connectivity index (χ0n) is 9.92. The Balaban J connectivity index is 1.92. The van der Waals surface area contributed by atoms with Crippen LogP contribution in [0, 0.1) is 31.1 Å². The second-order valence-electron chi connectivity index (χ2n) is 4.59. The highest BCUT2D eigenvalue weighted by Gasteiger charge is 2.26. The number of nitriles is 1. The molecule has 1 heterocycles. The van der Waals surface area contributed by atoms with Crippen LogP contribution in [0.5, 0.6) is 0 Å². The van der Waals surface area contributed by atoms with Crippen molar-refractivity contribution >= 4 is 11.3 Å². The van der Waals surface area contributed by atoms with E-state index in [2.05, 4.69) is 31.3 Å².